The molecule has 0 unspecified atom stereocenters. The van der Waals surface area contributed by atoms with Crippen LogP contribution in [0.2, 0.25) is 10.0 Å². The smallest absolute Gasteiger partial charge is 0.338 e. The number of nitriles is 1. The molecule has 2 rings (SSSR count). The molecule has 0 spiro atoms. The number of hydrogen-bond acceptors (Lipinski definition) is 3. The number of halogens is 2. The number of carbonyl (C=O) groups is 1. The molecule has 0 saturated carbocycles. The number of esters is 1. The van der Waals surface area contributed by atoms with E-state index in [1.165, 1.54) is 6.07 Å². The molecule has 0 aromatic heterocycles. The van der Waals surface area contributed by atoms with Crippen LogP contribution in [0.1, 0.15) is 21.5 Å². The first-order chi connectivity index (χ1) is 9.61. The van der Waals surface area contributed by atoms with Crippen LogP contribution in [0.4, 0.5) is 0 Å². The Kier molecular flexibility index (Phi) is 4.62. The van der Waals surface area contributed by atoms with Crippen LogP contribution in [0.5, 0.6) is 0 Å². The summed E-state index contributed by atoms with van der Waals surface area (Å²) in [6, 6.07) is 13.3. The van der Waals surface area contributed by atoms with Crippen molar-refractivity contribution in [3.8, 4) is 6.07 Å². The lowest BCUT2D eigenvalue weighted by molar-refractivity contribution is 0.0473. The van der Waals surface area contributed by atoms with Crippen LogP contribution in [0, 0.1) is 11.3 Å². The number of carbonyl (C=O) groups excluding carboxylic acids is 1. The Labute approximate surface area is 126 Å². The third-order valence-electron chi connectivity index (χ3n) is 2.64. The van der Waals surface area contributed by atoms with Crippen LogP contribution in [0.3, 0.4) is 0 Å². The fraction of sp³-hybridized carbons (Fsp3) is 0.0667. The zero-order chi connectivity index (χ0) is 14.5. The predicted molar refractivity (Wildman–Crippen MR) is 76.7 cm³/mol. The van der Waals surface area contributed by atoms with E-state index in [2.05, 4.69) is 0 Å². The minimum absolute atomic E-state index is 0.0197. The van der Waals surface area contributed by atoms with E-state index < -0.39 is 5.97 Å². The first-order valence-corrected chi connectivity index (χ1v) is 6.47. The van der Waals surface area contributed by atoms with Crippen molar-refractivity contribution < 1.29 is 9.53 Å². The summed E-state index contributed by atoms with van der Waals surface area (Å²) in [5.41, 5.74) is 1.27. The largest absolute Gasteiger partial charge is 0.457 e. The summed E-state index contributed by atoms with van der Waals surface area (Å²) in [6.07, 6.45) is 0. The number of benzene rings is 2. The second kappa shape index (κ2) is 6.42. The van der Waals surface area contributed by atoms with Gasteiger partial charge < -0.3 is 4.74 Å². The molecule has 3 nitrogen and oxygen atoms in total. The highest BCUT2D eigenvalue weighted by atomic mass is 35.5. The fourth-order valence-corrected chi connectivity index (χ4v) is 2.11. The van der Waals surface area contributed by atoms with Crippen molar-refractivity contribution in [3.63, 3.8) is 0 Å². The Morgan fingerprint density at radius 1 is 1.15 bits per heavy atom. The van der Waals surface area contributed by atoms with Crippen LogP contribution < -0.4 is 0 Å². The highest BCUT2D eigenvalue weighted by Crippen LogP contribution is 2.25. The van der Waals surface area contributed by atoms with Gasteiger partial charge in [0, 0.05) is 15.6 Å². The quantitative estimate of drug-likeness (QED) is 0.798. The van der Waals surface area contributed by atoms with Gasteiger partial charge in [0.05, 0.1) is 17.2 Å². The van der Waals surface area contributed by atoms with E-state index in [0.717, 1.165) is 0 Å². The van der Waals surface area contributed by atoms with E-state index in [9.17, 15) is 4.79 Å². The lowest BCUT2D eigenvalue weighted by Gasteiger charge is -2.08. The average molecular weight is 306 g/mol. The molecular weight excluding hydrogens is 297 g/mol. The van der Waals surface area contributed by atoms with Crippen molar-refractivity contribution in [1.82, 2.24) is 0 Å². The number of nitrogens with zero attached hydrogens (tertiary/aromatic N) is 1. The molecule has 0 atom stereocenters. The Bertz CT molecular complexity index is 672. The van der Waals surface area contributed by atoms with Crippen molar-refractivity contribution in [2.24, 2.45) is 0 Å². The molecule has 0 amide bonds. The fourth-order valence-electron chi connectivity index (χ4n) is 1.61. The van der Waals surface area contributed by atoms with Crippen molar-refractivity contribution in [2.45, 2.75) is 6.61 Å². The first kappa shape index (κ1) is 14.4. The van der Waals surface area contributed by atoms with Crippen LogP contribution in [-0.4, -0.2) is 5.97 Å². The van der Waals surface area contributed by atoms with Gasteiger partial charge in [0.25, 0.3) is 0 Å². The van der Waals surface area contributed by atoms with Gasteiger partial charge >= 0.3 is 5.97 Å². The number of hydrogen-bond donors (Lipinski definition) is 0. The molecule has 2 aromatic carbocycles. The molecule has 20 heavy (non-hydrogen) atoms. The maximum atomic E-state index is 11.9. The van der Waals surface area contributed by atoms with Gasteiger partial charge in [-0.05, 0) is 30.3 Å². The molecule has 0 saturated heterocycles. The van der Waals surface area contributed by atoms with E-state index in [1.54, 1.807) is 36.4 Å². The molecule has 100 valence electrons. The monoisotopic (exact) mass is 305 g/mol. The normalized spacial score (nSPS) is 9.85. The summed E-state index contributed by atoms with van der Waals surface area (Å²) in [5.74, 6) is -0.530. The summed E-state index contributed by atoms with van der Waals surface area (Å²) in [4.78, 5) is 11.9. The standard InChI is InChI=1S/C15H9Cl2NO2/c16-13-5-2-6-14(17)12(13)9-20-15(19)11-4-1-3-10(7-11)8-18/h1-7H,9H2. The third kappa shape index (κ3) is 3.30. The summed E-state index contributed by atoms with van der Waals surface area (Å²) >= 11 is 12.0. The minimum atomic E-state index is -0.530. The Hall–Kier alpha value is -2.02. The summed E-state index contributed by atoms with van der Waals surface area (Å²) in [6.45, 7) is -0.0197. The van der Waals surface area contributed by atoms with Crippen LogP contribution in [0.25, 0.3) is 0 Å². The third-order valence-corrected chi connectivity index (χ3v) is 3.34. The summed E-state index contributed by atoms with van der Waals surface area (Å²) in [7, 11) is 0. The van der Waals surface area contributed by atoms with E-state index in [-0.39, 0.29) is 6.61 Å². The lowest BCUT2D eigenvalue weighted by Crippen LogP contribution is -2.06. The predicted octanol–water partition coefficient (Wildman–Crippen LogP) is 4.22. The van der Waals surface area contributed by atoms with E-state index in [1.807, 2.05) is 6.07 Å². The van der Waals surface area contributed by atoms with Crippen molar-refractivity contribution in [2.75, 3.05) is 0 Å². The molecule has 0 radical (unpaired) electrons. The Balaban J connectivity index is 2.11. The van der Waals surface area contributed by atoms with Gasteiger partial charge in [-0.25, -0.2) is 4.79 Å². The van der Waals surface area contributed by atoms with Crippen LogP contribution in [-0.2, 0) is 11.3 Å². The minimum Gasteiger partial charge on any atom is -0.457 e. The van der Waals surface area contributed by atoms with Gasteiger partial charge in [-0.3, -0.25) is 0 Å². The van der Waals surface area contributed by atoms with Gasteiger partial charge in [0.15, 0.2) is 0 Å². The van der Waals surface area contributed by atoms with Gasteiger partial charge in [-0.2, -0.15) is 5.26 Å². The summed E-state index contributed by atoms with van der Waals surface area (Å²) in [5, 5.41) is 9.67. The van der Waals surface area contributed by atoms with E-state index in [4.69, 9.17) is 33.2 Å². The second-order valence-corrected chi connectivity index (χ2v) is 4.78. The SMILES string of the molecule is N#Cc1cccc(C(=O)OCc2c(Cl)cccc2Cl)c1. The van der Waals surface area contributed by atoms with Crippen LogP contribution >= 0.6 is 23.2 Å². The molecule has 0 bridgehead atoms. The molecule has 0 aliphatic heterocycles. The highest BCUT2D eigenvalue weighted by molar-refractivity contribution is 6.35. The molecule has 0 N–H and O–H groups in total. The van der Waals surface area contributed by atoms with Gasteiger partial charge in [0.2, 0.25) is 0 Å². The van der Waals surface area contributed by atoms with E-state index >= 15 is 0 Å². The van der Waals surface area contributed by atoms with Crippen molar-refractivity contribution >= 4 is 29.2 Å². The summed E-state index contributed by atoms with van der Waals surface area (Å²) < 4.78 is 5.16. The molecule has 2 aromatic rings. The van der Waals surface area contributed by atoms with E-state index in [0.29, 0.717) is 26.7 Å². The second-order valence-electron chi connectivity index (χ2n) is 3.97. The maximum Gasteiger partial charge on any atom is 0.338 e. The first-order valence-electron chi connectivity index (χ1n) is 5.72. The number of rotatable bonds is 3. The zero-order valence-corrected chi connectivity index (χ0v) is 11.8. The Morgan fingerprint density at radius 2 is 1.80 bits per heavy atom. The van der Waals surface area contributed by atoms with Crippen molar-refractivity contribution in [1.29, 1.82) is 5.26 Å². The van der Waals surface area contributed by atoms with Gasteiger partial charge in [-0.1, -0.05) is 35.3 Å². The molecule has 0 aliphatic carbocycles. The number of ether oxygens (including phenoxy) is 1. The lowest BCUT2D eigenvalue weighted by atomic mass is 10.1. The topological polar surface area (TPSA) is 50.1 Å². The molecular formula is C15H9Cl2NO2. The average Bonchev–Trinajstić information content (AvgIpc) is 2.46. The molecule has 0 fully saturated rings. The molecule has 0 heterocycles. The van der Waals surface area contributed by atoms with Crippen LogP contribution in [0.15, 0.2) is 42.5 Å². The maximum absolute atomic E-state index is 11.9. The molecule has 5 heteroatoms. The molecule has 0 aliphatic rings. The highest BCUT2D eigenvalue weighted by Gasteiger charge is 2.11. The van der Waals surface area contributed by atoms with Gasteiger partial charge in [-0.15, -0.1) is 0 Å². The van der Waals surface area contributed by atoms with Crippen molar-refractivity contribution in [3.05, 3.63) is 69.2 Å². The zero-order valence-electron chi connectivity index (χ0n) is 10.3. The van der Waals surface area contributed by atoms with Gasteiger partial charge in [0.1, 0.15) is 6.61 Å². The Morgan fingerprint density at radius 3 is 2.45 bits per heavy atom.